The maximum atomic E-state index is 13.1. The maximum absolute atomic E-state index is 13.1. The van der Waals surface area contributed by atoms with E-state index in [9.17, 15) is 18.0 Å². The van der Waals surface area contributed by atoms with Gasteiger partial charge in [0.15, 0.2) is 0 Å². The van der Waals surface area contributed by atoms with E-state index in [-0.39, 0.29) is 28.7 Å². The van der Waals surface area contributed by atoms with Crippen LogP contribution in [0.2, 0.25) is 0 Å². The Morgan fingerprint density at radius 1 is 1.36 bits per heavy atom. The molecule has 1 aliphatic heterocycles. The van der Waals surface area contributed by atoms with Gasteiger partial charge in [-0.2, -0.15) is 4.31 Å². The molecule has 1 fully saturated rings. The molecule has 11 heteroatoms. The van der Waals surface area contributed by atoms with Crippen molar-refractivity contribution in [2.75, 3.05) is 31.2 Å². The predicted molar refractivity (Wildman–Crippen MR) is 125 cm³/mol. The second-order valence-corrected chi connectivity index (χ2v) is 10.2. The zero-order valence-electron chi connectivity index (χ0n) is 21.5. The van der Waals surface area contributed by atoms with Crippen molar-refractivity contribution in [1.82, 2.24) is 18.8 Å². The first-order chi connectivity index (χ1) is 16.7. The van der Waals surface area contributed by atoms with Crippen LogP contribution < -0.4 is 10.9 Å². The van der Waals surface area contributed by atoms with Crippen LogP contribution in [0.4, 0.5) is 5.82 Å². The molecule has 33 heavy (non-hydrogen) atoms. The van der Waals surface area contributed by atoms with E-state index < -0.39 is 22.6 Å². The van der Waals surface area contributed by atoms with Crippen molar-refractivity contribution in [3.63, 3.8) is 0 Å². The van der Waals surface area contributed by atoms with Gasteiger partial charge in [-0.3, -0.25) is 14.5 Å². The van der Waals surface area contributed by atoms with Crippen molar-refractivity contribution in [3.8, 4) is 11.1 Å². The molecule has 0 aromatic carbocycles. The largest absolute Gasteiger partial charge is 0.459 e. The number of rotatable bonds is 5. The number of fused-ring (bicyclic) bond motifs is 1. The van der Waals surface area contributed by atoms with E-state index in [1.54, 1.807) is 12.1 Å². The highest BCUT2D eigenvalue weighted by atomic mass is 32.2. The van der Waals surface area contributed by atoms with Crippen molar-refractivity contribution in [2.45, 2.75) is 26.4 Å². The van der Waals surface area contributed by atoms with Gasteiger partial charge >= 0.3 is 0 Å². The third-order valence-electron chi connectivity index (χ3n) is 5.67. The topological polar surface area (TPSA) is 118 Å². The fourth-order valence-corrected chi connectivity index (χ4v) is 4.91. The van der Waals surface area contributed by atoms with Gasteiger partial charge < -0.3 is 14.3 Å². The van der Waals surface area contributed by atoms with Crippen molar-refractivity contribution in [1.29, 1.82) is 0 Å². The molecule has 4 heterocycles. The molecular weight excluding hydrogens is 446 g/mol. The Kier molecular flexibility index (Phi) is 5.15. The average Bonchev–Trinajstić information content (AvgIpc) is 3.18. The number of piperazine rings is 1. The number of carbonyl (C=O) groups excluding carboxylic acids is 1. The van der Waals surface area contributed by atoms with E-state index in [2.05, 4.69) is 10.3 Å². The first kappa shape index (κ1) is 19.4. The molecule has 1 aliphatic rings. The van der Waals surface area contributed by atoms with Crippen LogP contribution in [0.5, 0.6) is 0 Å². The Labute approximate surface area is 196 Å². The molecule has 3 aromatic heterocycles. The fraction of sp³-hybridized carbons (Fsp3) is 0.409. The van der Waals surface area contributed by atoms with Gasteiger partial charge in [-0.25, -0.2) is 13.4 Å². The molecule has 0 aliphatic carbocycles. The summed E-state index contributed by atoms with van der Waals surface area (Å²) in [6, 6.07) is 4.64. The molecule has 3 aromatic rings. The monoisotopic (exact) mass is 476 g/mol. The lowest BCUT2D eigenvalue weighted by atomic mass is 10.1. The minimum atomic E-state index is -3.29. The number of anilines is 1. The van der Waals surface area contributed by atoms with E-state index in [1.807, 2.05) is 11.8 Å². The van der Waals surface area contributed by atoms with Crippen LogP contribution in [0.3, 0.4) is 0 Å². The molecule has 0 spiro atoms. The molecule has 176 valence electrons. The Morgan fingerprint density at radius 2 is 2.15 bits per heavy atom. The van der Waals surface area contributed by atoms with E-state index in [1.165, 1.54) is 35.9 Å². The molecule has 0 unspecified atom stereocenters. The molecule has 1 atom stereocenters. The molecule has 10 nitrogen and oxygen atoms in total. The van der Waals surface area contributed by atoms with Crippen molar-refractivity contribution in [3.05, 3.63) is 46.7 Å². The molecule has 1 saturated heterocycles. The van der Waals surface area contributed by atoms with Gasteiger partial charge in [-0.05, 0) is 30.7 Å². The second kappa shape index (κ2) is 8.73. The highest BCUT2D eigenvalue weighted by Gasteiger charge is 2.29. The lowest BCUT2D eigenvalue weighted by Gasteiger charge is -2.38. The first-order valence-corrected chi connectivity index (χ1v) is 12.2. The van der Waals surface area contributed by atoms with Gasteiger partial charge in [-0.1, -0.05) is 0 Å². The lowest BCUT2D eigenvalue weighted by Crippen LogP contribution is -2.52. The van der Waals surface area contributed by atoms with Crippen LogP contribution in [0.15, 0.2) is 39.8 Å². The summed E-state index contributed by atoms with van der Waals surface area (Å²) >= 11 is 0. The number of hydrogen-bond donors (Lipinski definition) is 1. The second-order valence-electron chi connectivity index (χ2n) is 8.22. The van der Waals surface area contributed by atoms with Gasteiger partial charge in [-0.15, -0.1) is 0 Å². The molecular formula is C22H27N5O5S. The number of sulfonamides is 1. The lowest BCUT2D eigenvalue weighted by molar-refractivity contribution is -0.114. The van der Waals surface area contributed by atoms with Crippen LogP contribution in [0.1, 0.15) is 23.7 Å². The number of furan rings is 1. The summed E-state index contributed by atoms with van der Waals surface area (Å²) in [6.07, 6.45) is 3.87. The number of amides is 1. The van der Waals surface area contributed by atoms with Crippen LogP contribution in [0.25, 0.3) is 22.1 Å². The average molecular weight is 477 g/mol. The quantitative estimate of drug-likeness (QED) is 0.594. The Balaban J connectivity index is 1.77. The summed E-state index contributed by atoms with van der Waals surface area (Å²) in [5.41, 5.74) is 0.372. The maximum Gasteiger partial charge on any atom is 0.261 e. The van der Waals surface area contributed by atoms with E-state index >= 15 is 0 Å². The summed E-state index contributed by atoms with van der Waals surface area (Å²) in [6.45, 7) is 1.99. The number of hydrogen-bond acceptors (Lipinski definition) is 7. The summed E-state index contributed by atoms with van der Waals surface area (Å²) in [5.74, 6) is 0.397. The molecule has 1 N–H and O–H groups in total. The van der Waals surface area contributed by atoms with E-state index in [0.717, 1.165) is 0 Å². The SMILES string of the molecule is [2H]C([2H])([2H])n1cc(-c2ccnc(NC(C)=O)c2)c2oc(CN3CCN(S(C)(=O)=O)C[C@H]3C)cc2c1=O. The molecule has 1 amide bonds. The number of aromatic nitrogens is 2. The molecule has 0 saturated carbocycles. The Bertz CT molecular complexity index is 1480. The third kappa shape index (κ3) is 4.85. The van der Waals surface area contributed by atoms with Gasteiger partial charge in [0.1, 0.15) is 17.2 Å². The minimum Gasteiger partial charge on any atom is -0.459 e. The van der Waals surface area contributed by atoms with Gasteiger partial charge in [0.2, 0.25) is 15.9 Å². The van der Waals surface area contributed by atoms with Crippen LogP contribution >= 0.6 is 0 Å². The summed E-state index contributed by atoms with van der Waals surface area (Å²) in [7, 11) is -3.29. The molecule has 0 radical (unpaired) electrons. The van der Waals surface area contributed by atoms with Crippen molar-refractivity contribution < 1.29 is 21.7 Å². The highest BCUT2D eigenvalue weighted by Crippen LogP contribution is 2.31. The molecule has 0 bridgehead atoms. The first-order valence-electron chi connectivity index (χ1n) is 11.9. The zero-order valence-corrected chi connectivity index (χ0v) is 19.3. The number of carbonyl (C=O) groups is 1. The van der Waals surface area contributed by atoms with Crippen LogP contribution in [0, 0.1) is 0 Å². The van der Waals surface area contributed by atoms with Crippen molar-refractivity contribution in [2.24, 2.45) is 6.98 Å². The highest BCUT2D eigenvalue weighted by molar-refractivity contribution is 7.88. The minimum absolute atomic E-state index is 0.0967. The van der Waals surface area contributed by atoms with E-state index in [4.69, 9.17) is 8.53 Å². The third-order valence-corrected chi connectivity index (χ3v) is 6.94. The number of aryl methyl sites for hydroxylation is 1. The summed E-state index contributed by atoms with van der Waals surface area (Å²) < 4.78 is 55.5. The van der Waals surface area contributed by atoms with Crippen LogP contribution in [-0.2, 0) is 28.3 Å². The normalized spacial score (nSPS) is 19.7. The van der Waals surface area contributed by atoms with Gasteiger partial charge in [0.05, 0.1) is 18.2 Å². The Hall–Kier alpha value is -3.02. The van der Waals surface area contributed by atoms with Gasteiger partial charge in [0.25, 0.3) is 5.56 Å². The fourth-order valence-electron chi connectivity index (χ4n) is 4.01. The van der Waals surface area contributed by atoms with Crippen molar-refractivity contribution >= 4 is 32.7 Å². The number of pyridine rings is 2. The summed E-state index contributed by atoms with van der Waals surface area (Å²) in [5, 5.41) is 2.69. The predicted octanol–water partition coefficient (Wildman–Crippen LogP) is 1.62. The summed E-state index contributed by atoms with van der Waals surface area (Å²) in [4.78, 5) is 30.7. The number of nitrogens with zero attached hydrogens (tertiary/aromatic N) is 4. The smallest absolute Gasteiger partial charge is 0.261 e. The molecule has 4 rings (SSSR count). The van der Waals surface area contributed by atoms with Crippen LogP contribution in [-0.4, -0.2) is 65.0 Å². The zero-order chi connectivity index (χ0) is 26.4. The standard InChI is InChI=1S/C22H27N5O5S/c1-14-11-27(33(4,30)31)8-7-26(14)12-17-10-18-21(32-17)19(13-25(3)22(18)29)16-5-6-23-20(9-16)24-15(2)28/h5-6,9-10,13-14H,7-8,11-12H2,1-4H3,(H,23,24,28)/t14-/m1/s1/i3D3. The van der Waals surface area contributed by atoms with Gasteiger partial charge in [0, 0.05) is 61.6 Å². The van der Waals surface area contributed by atoms with E-state index in [0.29, 0.717) is 47.6 Å². The number of nitrogens with one attached hydrogen (secondary N) is 1. The Morgan fingerprint density at radius 3 is 2.82 bits per heavy atom.